The highest BCUT2D eigenvalue weighted by atomic mass is 16.4. The van der Waals surface area contributed by atoms with Crippen LogP contribution in [-0.4, -0.2) is 23.3 Å². The average molecular weight is 132 g/mol. The molecule has 0 aliphatic carbocycles. The van der Waals surface area contributed by atoms with Gasteiger partial charge in [-0.05, 0) is 13.8 Å². The molecule has 4 heteroatoms. The van der Waals surface area contributed by atoms with E-state index < -0.39 is 11.7 Å². The molecule has 0 aliphatic heterocycles. The summed E-state index contributed by atoms with van der Waals surface area (Å²) in [6.07, 6.45) is -1.15. The molecule has 4 nitrogen and oxygen atoms in total. The molecular formula is C5H10NO3. The molecule has 0 bridgehead atoms. The van der Waals surface area contributed by atoms with Crippen molar-refractivity contribution in [3.05, 3.63) is 0 Å². The monoisotopic (exact) mass is 132 g/mol. The minimum Gasteiger partial charge on any atom is -0.465 e. The lowest BCUT2D eigenvalue weighted by Gasteiger charge is -2.12. The first-order valence-corrected chi connectivity index (χ1v) is 2.59. The normalized spacial score (nSPS) is 11.0. The maximum absolute atomic E-state index is 10.7. The van der Waals surface area contributed by atoms with Gasteiger partial charge in [0.15, 0.2) is 0 Å². The zero-order valence-corrected chi connectivity index (χ0v) is 5.47. The van der Waals surface area contributed by atoms with Crippen molar-refractivity contribution in [1.29, 1.82) is 0 Å². The van der Waals surface area contributed by atoms with E-state index in [-0.39, 0.29) is 6.54 Å². The van der Waals surface area contributed by atoms with E-state index >= 15 is 0 Å². The van der Waals surface area contributed by atoms with E-state index in [2.05, 4.69) is 0 Å². The lowest BCUT2D eigenvalue weighted by molar-refractivity contribution is 0.00581. The van der Waals surface area contributed by atoms with Gasteiger partial charge in [-0.15, -0.1) is 0 Å². The van der Waals surface area contributed by atoms with Crippen molar-refractivity contribution in [2.45, 2.75) is 19.4 Å². The summed E-state index contributed by atoms with van der Waals surface area (Å²) in [5.74, 6) is 0. The van der Waals surface area contributed by atoms with Crippen LogP contribution in [0.5, 0.6) is 0 Å². The van der Waals surface area contributed by atoms with Gasteiger partial charge in [-0.1, -0.05) is 0 Å². The average Bonchev–Trinajstić information content (AvgIpc) is 1.59. The molecule has 0 atom stereocenters. The minimum absolute atomic E-state index is 0.0532. The first-order valence-electron chi connectivity index (χ1n) is 2.59. The fraction of sp³-hybridized carbons (Fsp3) is 0.800. The van der Waals surface area contributed by atoms with E-state index in [9.17, 15) is 9.90 Å². The number of hydrogen-bond donors (Lipinski definition) is 2. The third-order valence-corrected chi connectivity index (χ3v) is 0.665. The van der Waals surface area contributed by atoms with E-state index in [0.717, 1.165) is 0 Å². The van der Waals surface area contributed by atoms with E-state index in [1.54, 1.807) is 0 Å². The van der Waals surface area contributed by atoms with Crippen LogP contribution in [0, 0.1) is 0 Å². The molecule has 0 spiro atoms. The van der Waals surface area contributed by atoms with Gasteiger partial charge in [0.25, 0.3) is 0 Å². The predicted octanol–water partition coefficient (Wildman–Crippen LogP) is 0.463. The second kappa shape index (κ2) is 2.68. The number of carboxylic acid groups (broad SMARTS) is 1. The zero-order valence-electron chi connectivity index (χ0n) is 5.47. The van der Waals surface area contributed by atoms with Gasteiger partial charge in [0, 0.05) is 0 Å². The number of nitrogens with one attached hydrogen (secondary N) is 1. The van der Waals surface area contributed by atoms with E-state index in [1.807, 2.05) is 5.32 Å². The Labute approximate surface area is 53.5 Å². The van der Waals surface area contributed by atoms with Crippen molar-refractivity contribution >= 4 is 6.09 Å². The van der Waals surface area contributed by atoms with Crippen LogP contribution in [0.25, 0.3) is 0 Å². The molecule has 0 unspecified atom stereocenters. The van der Waals surface area contributed by atoms with Gasteiger partial charge >= 0.3 is 6.09 Å². The molecule has 0 heterocycles. The van der Waals surface area contributed by atoms with Crippen LogP contribution in [0.2, 0.25) is 0 Å². The Bertz CT molecular complexity index is 105. The maximum atomic E-state index is 10.7. The Balaban J connectivity index is 3.39. The topological polar surface area (TPSA) is 69.2 Å². The van der Waals surface area contributed by atoms with Crippen LogP contribution in [-0.2, 0) is 5.11 Å². The number of amides is 1. The van der Waals surface area contributed by atoms with Crippen molar-refractivity contribution in [2.24, 2.45) is 0 Å². The highest BCUT2D eigenvalue weighted by Gasteiger charge is 2.15. The van der Waals surface area contributed by atoms with Gasteiger partial charge in [0.05, 0.1) is 6.54 Å². The smallest absolute Gasteiger partial charge is 0.404 e. The third kappa shape index (κ3) is 7.23. The summed E-state index contributed by atoms with van der Waals surface area (Å²) < 4.78 is 0. The van der Waals surface area contributed by atoms with E-state index in [4.69, 9.17) is 5.11 Å². The number of rotatable bonds is 2. The molecule has 2 N–H and O–H groups in total. The molecular weight excluding hydrogens is 122 g/mol. The highest BCUT2D eigenvalue weighted by molar-refractivity contribution is 5.64. The molecule has 0 aromatic carbocycles. The summed E-state index contributed by atoms with van der Waals surface area (Å²) in [7, 11) is 0. The summed E-state index contributed by atoms with van der Waals surface area (Å²) in [6.45, 7) is 2.79. The lowest BCUT2D eigenvalue weighted by Crippen LogP contribution is -2.36. The van der Waals surface area contributed by atoms with Crippen LogP contribution in [0.3, 0.4) is 0 Å². The highest BCUT2D eigenvalue weighted by Crippen LogP contribution is 1.97. The van der Waals surface area contributed by atoms with Gasteiger partial charge in [0.2, 0.25) is 0 Å². The Hall–Kier alpha value is -0.770. The first kappa shape index (κ1) is 8.23. The van der Waals surface area contributed by atoms with Crippen molar-refractivity contribution in [2.75, 3.05) is 6.54 Å². The van der Waals surface area contributed by atoms with Crippen LogP contribution in [0.15, 0.2) is 0 Å². The van der Waals surface area contributed by atoms with Crippen LogP contribution in [0.1, 0.15) is 13.8 Å². The SMILES string of the molecule is CC(C)([O])CNC(=O)O. The van der Waals surface area contributed by atoms with Crippen molar-refractivity contribution in [1.82, 2.24) is 5.32 Å². The zero-order chi connectivity index (χ0) is 7.49. The molecule has 0 saturated carbocycles. The van der Waals surface area contributed by atoms with E-state index in [0.29, 0.717) is 0 Å². The van der Waals surface area contributed by atoms with Gasteiger partial charge in [-0.25, -0.2) is 9.90 Å². The first-order chi connectivity index (χ1) is 3.92. The molecule has 1 radical (unpaired) electrons. The van der Waals surface area contributed by atoms with Crippen molar-refractivity contribution in [3.8, 4) is 0 Å². The largest absolute Gasteiger partial charge is 0.465 e. The van der Waals surface area contributed by atoms with Gasteiger partial charge in [0.1, 0.15) is 5.60 Å². The second-order valence-corrected chi connectivity index (χ2v) is 2.42. The van der Waals surface area contributed by atoms with Gasteiger partial charge in [-0.2, -0.15) is 0 Å². The fourth-order valence-corrected chi connectivity index (χ4v) is 0.288. The molecule has 0 saturated heterocycles. The summed E-state index contributed by atoms with van der Waals surface area (Å²) in [6, 6.07) is 0. The van der Waals surface area contributed by atoms with Gasteiger partial charge < -0.3 is 10.4 Å². The molecule has 0 aromatic heterocycles. The third-order valence-electron chi connectivity index (χ3n) is 0.665. The summed E-state index contributed by atoms with van der Waals surface area (Å²) in [5.41, 5.74) is -1.21. The predicted molar refractivity (Wildman–Crippen MR) is 30.8 cm³/mol. The Kier molecular flexibility index (Phi) is 2.45. The van der Waals surface area contributed by atoms with Crippen LogP contribution < -0.4 is 5.32 Å². The van der Waals surface area contributed by atoms with Crippen molar-refractivity contribution < 1.29 is 15.0 Å². The molecule has 0 aromatic rings. The quantitative estimate of drug-likeness (QED) is 0.573. The van der Waals surface area contributed by atoms with E-state index in [1.165, 1.54) is 13.8 Å². The van der Waals surface area contributed by atoms with Crippen LogP contribution >= 0.6 is 0 Å². The summed E-state index contributed by atoms with van der Waals surface area (Å²) in [4.78, 5) is 9.80. The minimum atomic E-state index is -1.21. The van der Waals surface area contributed by atoms with Crippen molar-refractivity contribution in [3.63, 3.8) is 0 Å². The molecule has 9 heavy (non-hydrogen) atoms. The Morgan fingerprint density at radius 1 is 1.67 bits per heavy atom. The molecule has 0 rings (SSSR count). The molecule has 0 aliphatic rings. The van der Waals surface area contributed by atoms with Crippen LogP contribution in [0.4, 0.5) is 4.79 Å². The maximum Gasteiger partial charge on any atom is 0.404 e. The fourth-order valence-electron chi connectivity index (χ4n) is 0.288. The Morgan fingerprint density at radius 2 is 2.11 bits per heavy atom. The molecule has 0 fully saturated rings. The second-order valence-electron chi connectivity index (χ2n) is 2.42. The molecule has 1 amide bonds. The number of hydrogen-bond acceptors (Lipinski definition) is 1. The number of carbonyl (C=O) groups is 1. The van der Waals surface area contributed by atoms with Gasteiger partial charge in [-0.3, -0.25) is 0 Å². The standard InChI is InChI=1S/C5H10NO3/c1-5(2,9)3-6-4(7)8/h6H,3H2,1-2H3,(H,7,8). The summed E-state index contributed by atoms with van der Waals surface area (Å²) >= 11 is 0. The lowest BCUT2D eigenvalue weighted by atomic mass is 10.1. The Morgan fingerprint density at radius 3 is 2.22 bits per heavy atom. The summed E-state index contributed by atoms with van der Waals surface area (Å²) in [5, 5.41) is 20.7. The molecule has 53 valence electrons.